The van der Waals surface area contributed by atoms with Crippen molar-refractivity contribution in [1.29, 1.82) is 5.26 Å². The second kappa shape index (κ2) is 7.14. The Morgan fingerprint density at radius 1 is 1.28 bits per heavy atom. The smallest absolute Gasteiger partial charge is 0.142 e. The van der Waals surface area contributed by atoms with E-state index in [0.29, 0.717) is 12.1 Å². The molecule has 2 atom stereocenters. The minimum Gasteiger partial charge on any atom is -0.378 e. The van der Waals surface area contributed by atoms with Gasteiger partial charge < -0.3 is 15.0 Å². The Morgan fingerprint density at radius 2 is 2.10 bits per heavy atom. The van der Waals surface area contributed by atoms with Crippen LogP contribution >= 0.6 is 0 Å². The van der Waals surface area contributed by atoms with E-state index in [-0.39, 0.29) is 11.3 Å². The van der Waals surface area contributed by atoms with E-state index >= 15 is 0 Å². The third-order valence-corrected chi connectivity index (χ3v) is 6.51. The fraction of sp³-hybridized carbons (Fsp3) is 0.409. The second-order valence-corrected chi connectivity index (χ2v) is 8.25. The zero-order chi connectivity index (χ0) is 19.8. The van der Waals surface area contributed by atoms with Gasteiger partial charge in [-0.05, 0) is 48.4 Å². The van der Waals surface area contributed by atoms with Gasteiger partial charge in [0.05, 0.1) is 17.0 Å². The van der Waals surface area contributed by atoms with Gasteiger partial charge in [0.25, 0.3) is 0 Å². The highest BCUT2D eigenvalue weighted by Gasteiger charge is 2.54. The van der Waals surface area contributed by atoms with Gasteiger partial charge in [-0.3, -0.25) is 5.32 Å². The summed E-state index contributed by atoms with van der Waals surface area (Å²) < 4.78 is 0. The summed E-state index contributed by atoms with van der Waals surface area (Å²) in [7, 11) is 0. The van der Waals surface area contributed by atoms with Crippen molar-refractivity contribution in [3.63, 3.8) is 0 Å². The molecule has 7 heteroatoms. The van der Waals surface area contributed by atoms with Gasteiger partial charge >= 0.3 is 0 Å². The van der Waals surface area contributed by atoms with Crippen molar-refractivity contribution in [2.24, 2.45) is 11.3 Å². The Balaban J connectivity index is 1.26. The van der Waals surface area contributed by atoms with Crippen molar-refractivity contribution in [2.45, 2.75) is 32.0 Å². The summed E-state index contributed by atoms with van der Waals surface area (Å²) in [5.41, 5.74) is 2.75. The number of hydrogen-bond donors (Lipinski definition) is 3. The summed E-state index contributed by atoms with van der Waals surface area (Å²) in [6.07, 6.45) is 6.20. The number of anilines is 1. The summed E-state index contributed by atoms with van der Waals surface area (Å²) in [6, 6.07) is 11.7. The molecule has 1 spiro atoms. The number of hydrogen-bond acceptors (Lipinski definition) is 6. The Hall–Kier alpha value is -2.95. The number of rotatable bonds is 5. The molecule has 0 radical (unpaired) electrons. The van der Waals surface area contributed by atoms with E-state index in [1.165, 1.54) is 0 Å². The zero-order valence-electron chi connectivity index (χ0n) is 16.2. The quantitative estimate of drug-likeness (QED) is 0.581. The van der Waals surface area contributed by atoms with Crippen LogP contribution in [0.25, 0.3) is 11.0 Å². The zero-order valence-corrected chi connectivity index (χ0v) is 16.2. The molecule has 2 fully saturated rings. The minimum absolute atomic E-state index is 0.156. The molecular formula is C22H24N6O. The number of H-pyrrole nitrogens is 1. The molecule has 2 aromatic heterocycles. The monoisotopic (exact) mass is 388 g/mol. The molecule has 0 amide bonds. The van der Waals surface area contributed by atoms with Crippen LogP contribution in [0, 0.1) is 22.7 Å². The molecule has 3 aromatic rings. The third kappa shape index (κ3) is 3.35. The van der Waals surface area contributed by atoms with Gasteiger partial charge in [-0.25, -0.2) is 9.97 Å². The molecule has 3 heterocycles. The summed E-state index contributed by atoms with van der Waals surface area (Å²) in [5, 5.41) is 24.2. The number of aromatic nitrogens is 3. The van der Waals surface area contributed by atoms with Gasteiger partial charge in [0.15, 0.2) is 0 Å². The summed E-state index contributed by atoms with van der Waals surface area (Å²) in [6.45, 7) is 2.39. The van der Waals surface area contributed by atoms with Gasteiger partial charge in [0, 0.05) is 31.7 Å². The molecule has 1 aliphatic heterocycles. The fourth-order valence-corrected chi connectivity index (χ4v) is 4.71. The third-order valence-electron chi connectivity index (χ3n) is 6.51. The van der Waals surface area contributed by atoms with Gasteiger partial charge in [0.1, 0.15) is 24.0 Å². The van der Waals surface area contributed by atoms with E-state index in [1.807, 2.05) is 36.5 Å². The number of aliphatic hydroxyl groups is 1. The molecule has 1 saturated heterocycles. The Kier molecular flexibility index (Phi) is 4.46. The summed E-state index contributed by atoms with van der Waals surface area (Å²) >= 11 is 0. The van der Waals surface area contributed by atoms with Crippen molar-refractivity contribution in [2.75, 3.05) is 18.0 Å². The number of benzene rings is 1. The lowest BCUT2D eigenvalue weighted by Crippen LogP contribution is -2.50. The minimum atomic E-state index is -0.534. The van der Waals surface area contributed by atoms with Crippen molar-refractivity contribution < 1.29 is 5.11 Å². The van der Waals surface area contributed by atoms with Crippen molar-refractivity contribution in [1.82, 2.24) is 20.3 Å². The average molecular weight is 388 g/mol. The van der Waals surface area contributed by atoms with E-state index in [1.54, 1.807) is 6.33 Å². The van der Waals surface area contributed by atoms with Crippen LogP contribution in [0.15, 0.2) is 42.9 Å². The molecular weight excluding hydrogens is 364 g/mol. The summed E-state index contributed by atoms with van der Waals surface area (Å²) in [5.74, 6) is 1.22. The van der Waals surface area contributed by atoms with Crippen LogP contribution < -0.4 is 10.2 Å². The normalized spacial score (nSPS) is 21.2. The van der Waals surface area contributed by atoms with Crippen molar-refractivity contribution >= 4 is 16.9 Å². The topological polar surface area (TPSA) is 101 Å². The van der Waals surface area contributed by atoms with E-state index in [4.69, 9.17) is 5.26 Å². The number of piperidine rings is 1. The predicted octanol–water partition coefficient (Wildman–Crippen LogP) is 2.54. The SMILES string of the molecule is N#Cc1ccc(CNC(O)C2CCN(c3ncnc4[nH]ccc34)CC23CC3)cc1. The highest BCUT2D eigenvalue weighted by atomic mass is 16.3. The Labute approximate surface area is 169 Å². The maximum Gasteiger partial charge on any atom is 0.142 e. The standard InChI is InChI=1S/C22H24N6O/c23-11-15-1-3-16(4-2-15)12-25-21(29)18-6-10-28(13-22(18)7-8-22)20-17-5-9-24-19(17)26-14-27-20/h1-5,9,14,18,21,25,29H,6-8,10,12-13H2,(H,24,26,27). The van der Waals surface area contributed by atoms with E-state index in [9.17, 15) is 5.11 Å². The molecule has 1 aromatic carbocycles. The largest absolute Gasteiger partial charge is 0.378 e. The van der Waals surface area contributed by atoms with Crippen LogP contribution in [-0.2, 0) is 6.54 Å². The van der Waals surface area contributed by atoms with Crippen molar-refractivity contribution in [3.05, 3.63) is 54.0 Å². The predicted molar refractivity (Wildman–Crippen MR) is 110 cm³/mol. The first-order chi connectivity index (χ1) is 14.2. The van der Waals surface area contributed by atoms with Crippen LogP contribution in [0.3, 0.4) is 0 Å². The molecule has 2 aliphatic rings. The lowest BCUT2D eigenvalue weighted by molar-refractivity contribution is 0.0226. The van der Waals surface area contributed by atoms with Gasteiger partial charge in [0.2, 0.25) is 0 Å². The number of nitriles is 1. The number of nitrogens with one attached hydrogen (secondary N) is 2. The Morgan fingerprint density at radius 3 is 2.86 bits per heavy atom. The van der Waals surface area contributed by atoms with Gasteiger partial charge in [-0.2, -0.15) is 5.26 Å². The summed E-state index contributed by atoms with van der Waals surface area (Å²) in [4.78, 5) is 14.4. The van der Waals surface area contributed by atoms with Crippen LogP contribution in [0.5, 0.6) is 0 Å². The van der Waals surface area contributed by atoms with Crippen molar-refractivity contribution in [3.8, 4) is 6.07 Å². The second-order valence-electron chi connectivity index (χ2n) is 8.25. The lowest BCUT2D eigenvalue weighted by atomic mass is 9.81. The highest BCUT2D eigenvalue weighted by molar-refractivity contribution is 5.87. The van der Waals surface area contributed by atoms with E-state index < -0.39 is 6.23 Å². The van der Waals surface area contributed by atoms with Crippen LogP contribution in [-0.4, -0.2) is 39.4 Å². The molecule has 7 nitrogen and oxygen atoms in total. The van der Waals surface area contributed by atoms with Crippen LogP contribution in [0.1, 0.15) is 30.4 Å². The van der Waals surface area contributed by atoms with E-state index in [0.717, 1.165) is 54.8 Å². The molecule has 2 unspecified atom stereocenters. The fourth-order valence-electron chi connectivity index (χ4n) is 4.71. The number of aliphatic hydroxyl groups excluding tert-OH is 1. The van der Waals surface area contributed by atoms with Crippen LogP contribution in [0.4, 0.5) is 5.82 Å². The maximum absolute atomic E-state index is 10.9. The molecule has 1 aliphatic carbocycles. The molecule has 1 saturated carbocycles. The molecule has 148 valence electrons. The van der Waals surface area contributed by atoms with Gasteiger partial charge in [-0.1, -0.05) is 12.1 Å². The average Bonchev–Trinajstić information content (AvgIpc) is 3.34. The maximum atomic E-state index is 10.9. The molecule has 3 N–H and O–H groups in total. The highest BCUT2D eigenvalue weighted by Crippen LogP contribution is 2.57. The lowest BCUT2D eigenvalue weighted by Gasteiger charge is -2.42. The first-order valence-electron chi connectivity index (χ1n) is 10.1. The molecule has 0 bridgehead atoms. The van der Waals surface area contributed by atoms with Gasteiger partial charge in [-0.15, -0.1) is 0 Å². The molecule has 29 heavy (non-hydrogen) atoms. The van der Waals surface area contributed by atoms with E-state index in [2.05, 4.69) is 31.2 Å². The number of fused-ring (bicyclic) bond motifs is 1. The number of aromatic amines is 1. The Bertz CT molecular complexity index is 1050. The first-order valence-corrected chi connectivity index (χ1v) is 10.1. The van der Waals surface area contributed by atoms with Crippen LogP contribution in [0.2, 0.25) is 0 Å². The first kappa shape index (κ1) is 18.1. The molecule has 5 rings (SSSR count). The number of nitrogens with zero attached hydrogens (tertiary/aromatic N) is 4.